The van der Waals surface area contributed by atoms with Gasteiger partial charge in [0.05, 0.1) is 11.7 Å². The van der Waals surface area contributed by atoms with Crippen molar-refractivity contribution in [3.05, 3.63) is 47.2 Å². The fraction of sp³-hybridized carbons (Fsp3) is 0.333. The second-order valence-corrected chi connectivity index (χ2v) is 4.36. The number of nitrogens with one attached hydrogen (secondary N) is 2. The highest BCUT2D eigenvalue weighted by Gasteiger charge is 2.20. The Morgan fingerprint density at radius 3 is 2.45 bits per heavy atom. The summed E-state index contributed by atoms with van der Waals surface area (Å²) in [6, 6.07) is 8.88. The lowest BCUT2D eigenvalue weighted by molar-refractivity contribution is -0.116. The van der Waals surface area contributed by atoms with Gasteiger partial charge in [-0.3, -0.25) is 4.79 Å². The number of aliphatic hydroxyl groups is 2. The SMILES string of the molecule is CCC(=N)C(C(=O)NC)=C(O)CC(O)c1ccccc1. The predicted molar refractivity (Wildman–Crippen MR) is 77.8 cm³/mol. The van der Waals surface area contributed by atoms with Gasteiger partial charge < -0.3 is 20.9 Å². The predicted octanol–water partition coefficient (Wildman–Crippen LogP) is 2.10. The Morgan fingerprint density at radius 1 is 1.35 bits per heavy atom. The van der Waals surface area contributed by atoms with Crippen LogP contribution in [0.15, 0.2) is 41.7 Å². The van der Waals surface area contributed by atoms with Crippen LogP contribution in [0.2, 0.25) is 0 Å². The number of carbonyl (C=O) groups is 1. The quantitative estimate of drug-likeness (QED) is 0.364. The summed E-state index contributed by atoms with van der Waals surface area (Å²) < 4.78 is 0. The molecule has 1 rings (SSSR count). The van der Waals surface area contributed by atoms with E-state index in [1.54, 1.807) is 31.2 Å². The molecule has 0 saturated heterocycles. The molecule has 0 aliphatic heterocycles. The summed E-state index contributed by atoms with van der Waals surface area (Å²) in [6.07, 6.45) is -0.691. The first-order chi connectivity index (χ1) is 9.51. The van der Waals surface area contributed by atoms with Gasteiger partial charge >= 0.3 is 0 Å². The van der Waals surface area contributed by atoms with Crippen molar-refractivity contribution in [1.82, 2.24) is 5.32 Å². The van der Waals surface area contributed by atoms with Gasteiger partial charge in [0.15, 0.2) is 0 Å². The highest BCUT2D eigenvalue weighted by molar-refractivity contribution is 6.20. The molecule has 0 bridgehead atoms. The molecule has 1 unspecified atom stereocenters. The third-order valence-corrected chi connectivity index (χ3v) is 2.97. The van der Waals surface area contributed by atoms with Crippen molar-refractivity contribution in [2.45, 2.75) is 25.9 Å². The average Bonchev–Trinajstić information content (AvgIpc) is 2.47. The molecule has 0 spiro atoms. The van der Waals surface area contributed by atoms with Crippen molar-refractivity contribution in [3.63, 3.8) is 0 Å². The van der Waals surface area contributed by atoms with E-state index in [-0.39, 0.29) is 23.5 Å². The van der Waals surface area contributed by atoms with Gasteiger partial charge in [0, 0.05) is 19.2 Å². The molecule has 20 heavy (non-hydrogen) atoms. The van der Waals surface area contributed by atoms with Gasteiger partial charge in [-0.25, -0.2) is 0 Å². The molecular formula is C15H20N2O3. The Bertz CT molecular complexity index is 491. The van der Waals surface area contributed by atoms with Gasteiger partial charge in [0.2, 0.25) is 0 Å². The Morgan fingerprint density at radius 2 is 1.95 bits per heavy atom. The first-order valence-electron chi connectivity index (χ1n) is 6.46. The van der Waals surface area contributed by atoms with E-state index in [1.165, 1.54) is 7.05 Å². The fourth-order valence-electron chi connectivity index (χ4n) is 1.82. The van der Waals surface area contributed by atoms with Crippen LogP contribution >= 0.6 is 0 Å². The molecule has 0 aromatic heterocycles. The molecular weight excluding hydrogens is 256 g/mol. The number of rotatable bonds is 6. The van der Waals surface area contributed by atoms with E-state index >= 15 is 0 Å². The number of likely N-dealkylation sites (N-methyl/N-ethyl adjacent to an activating group) is 1. The van der Waals surface area contributed by atoms with Crippen molar-refractivity contribution in [2.24, 2.45) is 0 Å². The smallest absolute Gasteiger partial charge is 0.256 e. The van der Waals surface area contributed by atoms with Crippen LogP contribution in [0, 0.1) is 5.41 Å². The summed E-state index contributed by atoms with van der Waals surface area (Å²) in [4.78, 5) is 11.7. The zero-order valence-electron chi connectivity index (χ0n) is 11.7. The van der Waals surface area contributed by atoms with Crippen LogP contribution in [0.4, 0.5) is 0 Å². The molecule has 1 atom stereocenters. The molecule has 5 heteroatoms. The van der Waals surface area contributed by atoms with Crippen LogP contribution in [0.1, 0.15) is 31.4 Å². The van der Waals surface area contributed by atoms with Crippen molar-refractivity contribution in [3.8, 4) is 0 Å². The normalized spacial score (nSPS) is 13.3. The maximum atomic E-state index is 11.7. The largest absolute Gasteiger partial charge is 0.511 e. The molecule has 0 aliphatic rings. The molecule has 5 nitrogen and oxygen atoms in total. The van der Waals surface area contributed by atoms with Crippen LogP contribution in [-0.2, 0) is 4.79 Å². The summed E-state index contributed by atoms with van der Waals surface area (Å²) in [6.45, 7) is 1.73. The monoisotopic (exact) mass is 276 g/mol. The van der Waals surface area contributed by atoms with E-state index in [0.717, 1.165) is 0 Å². The number of hydrogen-bond donors (Lipinski definition) is 4. The molecule has 0 radical (unpaired) electrons. The first-order valence-corrected chi connectivity index (χ1v) is 6.46. The van der Waals surface area contributed by atoms with Gasteiger partial charge in [0.25, 0.3) is 5.91 Å². The van der Waals surface area contributed by atoms with Crippen molar-refractivity contribution in [1.29, 1.82) is 5.41 Å². The number of aliphatic hydroxyl groups excluding tert-OH is 2. The standard InChI is InChI=1S/C15H20N2O3/c1-3-11(16)14(15(20)17-2)13(19)9-12(18)10-7-5-4-6-8-10/h4-8,12,16,18-19H,3,9H2,1-2H3,(H,17,20). The Kier molecular flexibility index (Phi) is 5.93. The van der Waals surface area contributed by atoms with E-state index in [0.29, 0.717) is 12.0 Å². The summed E-state index contributed by atoms with van der Waals surface area (Å²) >= 11 is 0. The van der Waals surface area contributed by atoms with E-state index in [2.05, 4.69) is 5.32 Å². The summed E-state index contributed by atoms with van der Waals surface area (Å²) in [7, 11) is 1.44. The van der Waals surface area contributed by atoms with Crippen LogP contribution in [-0.4, -0.2) is 28.9 Å². The number of hydrogen-bond acceptors (Lipinski definition) is 4. The van der Waals surface area contributed by atoms with Crippen molar-refractivity contribution < 1.29 is 15.0 Å². The van der Waals surface area contributed by atoms with Gasteiger partial charge in [-0.1, -0.05) is 37.3 Å². The fourth-order valence-corrected chi connectivity index (χ4v) is 1.82. The lowest BCUT2D eigenvalue weighted by Crippen LogP contribution is -2.26. The van der Waals surface area contributed by atoms with E-state index in [1.807, 2.05) is 6.07 Å². The third kappa shape index (κ3) is 3.93. The molecule has 0 saturated carbocycles. The average molecular weight is 276 g/mol. The number of amides is 1. The lowest BCUT2D eigenvalue weighted by atomic mass is 10.00. The summed E-state index contributed by atoms with van der Waals surface area (Å²) in [5.41, 5.74) is 0.630. The minimum Gasteiger partial charge on any atom is -0.511 e. The lowest BCUT2D eigenvalue weighted by Gasteiger charge is -2.14. The zero-order chi connectivity index (χ0) is 15.1. The Balaban J connectivity index is 2.99. The molecule has 1 amide bonds. The van der Waals surface area contributed by atoms with Crippen LogP contribution in [0.25, 0.3) is 0 Å². The van der Waals surface area contributed by atoms with Gasteiger partial charge in [-0.2, -0.15) is 0 Å². The van der Waals surface area contributed by atoms with Crippen molar-refractivity contribution in [2.75, 3.05) is 7.05 Å². The topological polar surface area (TPSA) is 93.4 Å². The van der Waals surface area contributed by atoms with Crippen LogP contribution in [0.3, 0.4) is 0 Å². The molecule has 0 aliphatic carbocycles. The molecule has 0 heterocycles. The molecule has 108 valence electrons. The van der Waals surface area contributed by atoms with Gasteiger partial charge in [-0.15, -0.1) is 0 Å². The number of benzene rings is 1. The molecule has 1 aromatic rings. The Labute approximate surface area is 118 Å². The maximum absolute atomic E-state index is 11.7. The molecule has 0 fully saturated rings. The van der Waals surface area contributed by atoms with Crippen molar-refractivity contribution >= 4 is 11.6 Å². The summed E-state index contributed by atoms with van der Waals surface area (Å²) in [5, 5.41) is 30.3. The van der Waals surface area contributed by atoms with Crippen LogP contribution < -0.4 is 5.32 Å². The minimum atomic E-state index is -0.916. The van der Waals surface area contributed by atoms with E-state index in [9.17, 15) is 15.0 Å². The van der Waals surface area contributed by atoms with Gasteiger partial charge in [0.1, 0.15) is 5.76 Å². The summed E-state index contributed by atoms with van der Waals surface area (Å²) in [5.74, 6) is -0.790. The maximum Gasteiger partial charge on any atom is 0.256 e. The van der Waals surface area contributed by atoms with Gasteiger partial charge in [-0.05, 0) is 12.0 Å². The number of carbonyl (C=O) groups excluding carboxylic acids is 1. The van der Waals surface area contributed by atoms with E-state index < -0.39 is 12.0 Å². The van der Waals surface area contributed by atoms with Crippen LogP contribution in [0.5, 0.6) is 0 Å². The van der Waals surface area contributed by atoms with E-state index in [4.69, 9.17) is 5.41 Å². The zero-order valence-corrected chi connectivity index (χ0v) is 11.7. The molecule has 4 N–H and O–H groups in total. The third-order valence-electron chi connectivity index (χ3n) is 2.97. The molecule has 1 aromatic carbocycles. The minimum absolute atomic E-state index is 0.0436. The first kappa shape index (κ1) is 15.9. The second-order valence-electron chi connectivity index (χ2n) is 4.36. The second kappa shape index (κ2) is 7.45. The highest BCUT2D eigenvalue weighted by atomic mass is 16.3. The Hall–Kier alpha value is -2.14. The highest BCUT2D eigenvalue weighted by Crippen LogP contribution is 2.22.